The molecule has 1 aliphatic heterocycles. The van der Waals surface area contributed by atoms with Crippen LogP contribution in [0.1, 0.15) is 36.6 Å². The maximum atomic E-state index is 14.4. The molecular weight excluding hydrogens is 732 g/mol. The number of ether oxygens (including phenoxy) is 3. The minimum Gasteiger partial charge on any atom is -0.490 e. The van der Waals surface area contributed by atoms with Gasteiger partial charge in [-0.05, 0) is 88.9 Å². The summed E-state index contributed by atoms with van der Waals surface area (Å²) in [6, 6.07) is 14.9. The van der Waals surface area contributed by atoms with E-state index >= 15 is 0 Å². The van der Waals surface area contributed by atoms with Crippen LogP contribution < -0.4 is 24.4 Å². The molecule has 0 saturated heterocycles. The second kappa shape index (κ2) is 14.0. The van der Waals surface area contributed by atoms with E-state index in [1.54, 1.807) is 31.2 Å². The van der Waals surface area contributed by atoms with Crippen molar-refractivity contribution in [2.45, 2.75) is 32.7 Å². The molecule has 0 N–H and O–H groups in total. The Balaban J connectivity index is 1.64. The number of rotatable bonds is 9. The first-order valence-corrected chi connectivity index (χ1v) is 16.2. The standard InChI is InChI=1S/C32H24BrCl2F3N2O5S/c1-3-43-23-14-18(13-22(33)27(23)45-16-17-5-9-20(34)10-6-17)15-24-29(41)40-26(19-7-11-21(35)12-8-19)25(30(42)44-4-2)28(32(36,37)38)39-31(40)46-24/h5-15,26H,3-4,16H2,1-2H3/b24-15-/t26-/m0/s1. The fraction of sp³-hybridized carbons (Fsp3) is 0.219. The summed E-state index contributed by atoms with van der Waals surface area (Å²) in [5.41, 5.74) is -1.27. The number of nitrogens with zero attached hydrogens (tertiary/aromatic N) is 2. The van der Waals surface area contributed by atoms with E-state index in [9.17, 15) is 22.8 Å². The number of hydrogen-bond acceptors (Lipinski definition) is 7. The normalized spacial score (nSPS) is 15.0. The predicted molar refractivity (Wildman–Crippen MR) is 173 cm³/mol. The molecule has 1 atom stereocenters. The second-order valence-corrected chi connectivity index (χ2v) is 12.5. The van der Waals surface area contributed by atoms with Crippen LogP contribution in [0.3, 0.4) is 0 Å². The third kappa shape index (κ3) is 7.20. The SMILES string of the molecule is CCOC(=O)C1=C(C(F)(F)F)N=c2s/c(=C\c3cc(Br)c(OCc4ccc(Cl)cc4)c(OCC)c3)c(=O)n2[C@H]1c1ccc(Cl)cc1. The third-order valence-corrected chi connectivity index (χ3v) is 8.78. The fourth-order valence-electron chi connectivity index (χ4n) is 4.76. The van der Waals surface area contributed by atoms with Crippen LogP contribution in [-0.2, 0) is 16.1 Å². The summed E-state index contributed by atoms with van der Waals surface area (Å²) >= 11 is 16.3. The average Bonchev–Trinajstić information content (AvgIpc) is 3.31. The van der Waals surface area contributed by atoms with Crippen molar-refractivity contribution in [2.24, 2.45) is 4.99 Å². The number of carbonyl (C=O) groups is 1. The van der Waals surface area contributed by atoms with Crippen LogP contribution in [0.5, 0.6) is 11.5 Å². The van der Waals surface area contributed by atoms with Crippen molar-refractivity contribution in [1.29, 1.82) is 0 Å². The van der Waals surface area contributed by atoms with Crippen LogP contribution in [0.2, 0.25) is 10.0 Å². The van der Waals surface area contributed by atoms with Crippen LogP contribution in [0.25, 0.3) is 6.08 Å². The van der Waals surface area contributed by atoms with Gasteiger partial charge in [0, 0.05) is 10.0 Å². The second-order valence-electron chi connectivity index (χ2n) is 9.79. The maximum Gasteiger partial charge on any atom is 0.434 e. The molecule has 0 radical (unpaired) electrons. The molecule has 46 heavy (non-hydrogen) atoms. The zero-order valence-corrected chi connectivity index (χ0v) is 28.1. The Hall–Kier alpha value is -3.58. The molecule has 2 heterocycles. The summed E-state index contributed by atoms with van der Waals surface area (Å²) in [4.78, 5) is 30.5. The molecule has 3 aromatic carbocycles. The summed E-state index contributed by atoms with van der Waals surface area (Å²) in [7, 11) is 0. The number of alkyl halides is 3. The number of carbonyl (C=O) groups excluding carboxylic acids is 1. The van der Waals surface area contributed by atoms with E-state index < -0.39 is 35.0 Å². The van der Waals surface area contributed by atoms with E-state index in [1.807, 2.05) is 12.1 Å². The van der Waals surface area contributed by atoms with E-state index in [0.29, 0.717) is 38.2 Å². The van der Waals surface area contributed by atoms with Gasteiger partial charge in [0.25, 0.3) is 5.56 Å². The van der Waals surface area contributed by atoms with E-state index in [1.165, 1.54) is 37.3 Å². The number of aromatic nitrogens is 1. The molecule has 0 unspecified atom stereocenters. The molecule has 0 spiro atoms. The van der Waals surface area contributed by atoms with Crippen molar-refractivity contribution in [1.82, 2.24) is 4.57 Å². The number of benzene rings is 3. The highest BCUT2D eigenvalue weighted by Gasteiger charge is 2.45. The highest BCUT2D eigenvalue weighted by atomic mass is 79.9. The van der Waals surface area contributed by atoms with E-state index in [2.05, 4.69) is 20.9 Å². The molecule has 0 aliphatic carbocycles. The number of esters is 1. The summed E-state index contributed by atoms with van der Waals surface area (Å²) < 4.78 is 61.7. The molecule has 240 valence electrons. The van der Waals surface area contributed by atoms with Gasteiger partial charge in [0.05, 0.1) is 33.8 Å². The Labute approximate surface area is 283 Å². The minimum atomic E-state index is -5.01. The zero-order chi connectivity index (χ0) is 33.2. The smallest absolute Gasteiger partial charge is 0.434 e. The lowest BCUT2D eigenvalue weighted by molar-refractivity contribution is -0.140. The number of hydrogen-bond donors (Lipinski definition) is 0. The maximum absolute atomic E-state index is 14.4. The van der Waals surface area contributed by atoms with Crippen molar-refractivity contribution in [3.8, 4) is 11.5 Å². The molecular formula is C32H24BrCl2F3N2O5S. The van der Waals surface area contributed by atoms with E-state index in [4.69, 9.17) is 37.4 Å². The highest BCUT2D eigenvalue weighted by molar-refractivity contribution is 9.10. The van der Waals surface area contributed by atoms with Gasteiger partial charge in [-0.25, -0.2) is 9.79 Å². The Bertz CT molecular complexity index is 1990. The fourth-order valence-corrected chi connectivity index (χ4v) is 6.59. The monoisotopic (exact) mass is 754 g/mol. The van der Waals surface area contributed by atoms with Crippen LogP contribution in [-0.4, -0.2) is 29.9 Å². The van der Waals surface area contributed by atoms with E-state index in [0.717, 1.165) is 21.5 Å². The lowest BCUT2D eigenvalue weighted by Gasteiger charge is -2.26. The van der Waals surface area contributed by atoms with Crippen molar-refractivity contribution in [3.05, 3.63) is 123 Å². The van der Waals surface area contributed by atoms with Gasteiger partial charge in [0.15, 0.2) is 22.0 Å². The molecule has 1 aromatic heterocycles. The quantitative estimate of drug-likeness (QED) is 0.167. The molecule has 5 rings (SSSR count). The van der Waals surface area contributed by atoms with Crippen molar-refractivity contribution < 1.29 is 32.2 Å². The van der Waals surface area contributed by atoms with Gasteiger partial charge in [-0.3, -0.25) is 9.36 Å². The first kappa shape index (κ1) is 33.8. The van der Waals surface area contributed by atoms with Gasteiger partial charge in [0.2, 0.25) is 0 Å². The minimum absolute atomic E-state index is 0.0773. The zero-order valence-electron chi connectivity index (χ0n) is 24.2. The van der Waals surface area contributed by atoms with Crippen LogP contribution in [0, 0.1) is 0 Å². The van der Waals surface area contributed by atoms with Gasteiger partial charge in [-0.15, -0.1) is 0 Å². The topological polar surface area (TPSA) is 79.1 Å². The first-order valence-electron chi connectivity index (χ1n) is 13.8. The van der Waals surface area contributed by atoms with Crippen molar-refractivity contribution in [2.75, 3.05) is 13.2 Å². The molecule has 0 saturated carbocycles. The van der Waals surface area contributed by atoms with Gasteiger partial charge in [0.1, 0.15) is 6.61 Å². The Kier molecular flexibility index (Phi) is 10.3. The van der Waals surface area contributed by atoms with Crippen LogP contribution in [0.4, 0.5) is 13.2 Å². The Morgan fingerprint density at radius 2 is 1.67 bits per heavy atom. The van der Waals surface area contributed by atoms with Gasteiger partial charge in [-0.2, -0.15) is 13.2 Å². The Morgan fingerprint density at radius 1 is 1.02 bits per heavy atom. The first-order chi connectivity index (χ1) is 21.9. The predicted octanol–water partition coefficient (Wildman–Crippen LogP) is 7.39. The van der Waals surface area contributed by atoms with Crippen LogP contribution >= 0.6 is 50.5 Å². The van der Waals surface area contributed by atoms with Gasteiger partial charge < -0.3 is 14.2 Å². The number of halogens is 6. The Morgan fingerprint density at radius 3 is 2.28 bits per heavy atom. The summed E-state index contributed by atoms with van der Waals surface area (Å²) in [6.07, 6.45) is -3.50. The number of fused-ring (bicyclic) bond motifs is 1. The number of allylic oxidation sites excluding steroid dienone is 1. The lowest BCUT2D eigenvalue weighted by atomic mass is 9.95. The van der Waals surface area contributed by atoms with Gasteiger partial charge in [-0.1, -0.05) is 58.8 Å². The molecule has 0 amide bonds. The van der Waals surface area contributed by atoms with Crippen molar-refractivity contribution >= 4 is 62.5 Å². The molecule has 1 aliphatic rings. The largest absolute Gasteiger partial charge is 0.490 e. The third-order valence-electron chi connectivity index (χ3n) is 6.71. The summed E-state index contributed by atoms with van der Waals surface area (Å²) in [5, 5.41) is 0.922. The number of thiazole rings is 1. The van der Waals surface area contributed by atoms with Crippen LogP contribution in [0.15, 0.2) is 86.2 Å². The average molecular weight is 756 g/mol. The molecule has 14 heteroatoms. The summed E-state index contributed by atoms with van der Waals surface area (Å²) in [6.45, 7) is 3.64. The lowest BCUT2D eigenvalue weighted by Crippen LogP contribution is -2.41. The molecule has 4 aromatic rings. The highest BCUT2D eigenvalue weighted by Crippen LogP contribution is 2.39. The van der Waals surface area contributed by atoms with E-state index in [-0.39, 0.29) is 28.1 Å². The van der Waals surface area contributed by atoms with Crippen molar-refractivity contribution in [3.63, 3.8) is 0 Å². The summed E-state index contributed by atoms with van der Waals surface area (Å²) in [5.74, 6) is -0.424. The molecule has 0 bridgehead atoms. The molecule has 0 fully saturated rings. The van der Waals surface area contributed by atoms with Gasteiger partial charge >= 0.3 is 12.1 Å². The molecule has 7 nitrogen and oxygen atoms in total.